The van der Waals surface area contributed by atoms with Gasteiger partial charge in [0, 0.05) is 37.6 Å². The fourth-order valence-electron chi connectivity index (χ4n) is 3.92. The lowest BCUT2D eigenvalue weighted by Crippen LogP contribution is -2.56. The molecule has 0 bridgehead atoms. The Morgan fingerprint density at radius 1 is 0.972 bits per heavy atom. The molecule has 200 valence electrons. The topological polar surface area (TPSA) is 135 Å². The molecule has 1 spiro atoms. The maximum Gasteiger partial charge on any atom is 0.490 e. The van der Waals surface area contributed by atoms with Crippen molar-refractivity contribution in [3.63, 3.8) is 0 Å². The zero-order chi connectivity index (χ0) is 27.6. The molecule has 1 atom stereocenters. The maximum atomic E-state index is 12.1. The first-order valence-corrected chi connectivity index (χ1v) is 10.5. The summed E-state index contributed by atoms with van der Waals surface area (Å²) in [6.45, 7) is 3.58. The van der Waals surface area contributed by atoms with Gasteiger partial charge >= 0.3 is 24.3 Å². The number of aromatic nitrogens is 1. The van der Waals surface area contributed by atoms with Crippen LogP contribution in [-0.4, -0.2) is 80.4 Å². The zero-order valence-electron chi connectivity index (χ0n) is 18.8. The van der Waals surface area contributed by atoms with Crippen molar-refractivity contribution in [3.8, 4) is 6.07 Å². The van der Waals surface area contributed by atoms with Crippen LogP contribution in [0.5, 0.6) is 0 Å². The number of hydrogen-bond donors (Lipinski definition) is 2. The van der Waals surface area contributed by atoms with E-state index in [1.165, 1.54) is 12.0 Å². The second kappa shape index (κ2) is 13.1. The highest BCUT2D eigenvalue weighted by Crippen LogP contribution is 2.38. The summed E-state index contributed by atoms with van der Waals surface area (Å²) in [7, 11) is 0. The molecular weight excluding hydrogens is 502 g/mol. The van der Waals surface area contributed by atoms with Gasteiger partial charge in [-0.05, 0) is 49.9 Å². The summed E-state index contributed by atoms with van der Waals surface area (Å²) in [5, 5.41) is 23.0. The number of carboxylic acids is 2. The van der Waals surface area contributed by atoms with E-state index in [4.69, 9.17) is 25.1 Å². The summed E-state index contributed by atoms with van der Waals surface area (Å²) in [5.74, 6) is -5.53. The molecule has 2 aliphatic heterocycles. The Hall–Kier alpha value is -3.41. The number of nitrogens with zero attached hydrogens (tertiary/aromatic N) is 4. The van der Waals surface area contributed by atoms with Crippen molar-refractivity contribution in [3.05, 3.63) is 30.1 Å². The number of nitriles is 1. The molecule has 1 aromatic heterocycles. The molecule has 1 amide bonds. The lowest BCUT2D eigenvalue weighted by Gasteiger charge is -2.46. The van der Waals surface area contributed by atoms with Crippen molar-refractivity contribution in [2.24, 2.45) is 0 Å². The van der Waals surface area contributed by atoms with Crippen LogP contribution in [0.1, 0.15) is 37.7 Å². The Labute approximate surface area is 201 Å². The Morgan fingerprint density at radius 3 is 1.89 bits per heavy atom. The Bertz CT molecular complexity index is 911. The van der Waals surface area contributed by atoms with Gasteiger partial charge in [-0.3, -0.25) is 14.7 Å². The molecule has 2 fully saturated rings. The molecule has 15 heteroatoms. The quantitative estimate of drug-likeness (QED) is 0.574. The van der Waals surface area contributed by atoms with Crippen LogP contribution in [0.2, 0.25) is 0 Å². The first kappa shape index (κ1) is 30.6. The Morgan fingerprint density at radius 2 is 1.44 bits per heavy atom. The van der Waals surface area contributed by atoms with Crippen LogP contribution in [0.25, 0.3) is 0 Å². The predicted octanol–water partition coefficient (Wildman–Crippen LogP) is 3.22. The van der Waals surface area contributed by atoms with Crippen LogP contribution in [-0.2, 0) is 20.9 Å². The van der Waals surface area contributed by atoms with Crippen molar-refractivity contribution in [1.82, 2.24) is 14.8 Å². The molecule has 2 aliphatic rings. The van der Waals surface area contributed by atoms with Crippen LogP contribution in [0.3, 0.4) is 0 Å². The molecule has 1 unspecified atom stereocenters. The zero-order valence-corrected chi connectivity index (χ0v) is 18.8. The number of hydrogen-bond acceptors (Lipinski definition) is 6. The summed E-state index contributed by atoms with van der Waals surface area (Å²) in [6, 6.07) is 6.11. The number of amides is 1. The lowest BCUT2D eigenvalue weighted by atomic mass is 9.86. The predicted molar refractivity (Wildman–Crippen MR) is 110 cm³/mol. The van der Waals surface area contributed by atoms with Gasteiger partial charge in [0.05, 0.1) is 6.07 Å². The average molecular weight is 526 g/mol. The van der Waals surface area contributed by atoms with Crippen LogP contribution < -0.4 is 0 Å². The third-order valence-corrected chi connectivity index (χ3v) is 5.49. The highest BCUT2D eigenvalue weighted by molar-refractivity contribution is 5.78. The minimum absolute atomic E-state index is 0.000431. The third-order valence-electron chi connectivity index (χ3n) is 5.49. The van der Waals surface area contributed by atoms with E-state index in [1.807, 2.05) is 23.4 Å². The number of carboxylic acid groups (broad SMARTS) is 2. The minimum Gasteiger partial charge on any atom is -0.475 e. The molecule has 2 N–H and O–H groups in total. The number of piperidine rings is 1. The molecule has 36 heavy (non-hydrogen) atoms. The van der Waals surface area contributed by atoms with Crippen molar-refractivity contribution < 1.29 is 50.9 Å². The normalized spacial score (nSPS) is 19.9. The van der Waals surface area contributed by atoms with E-state index in [0.29, 0.717) is 0 Å². The van der Waals surface area contributed by atoms with E-state index < -0.39 is 24.3 Å². The molecule has 0 aromatic carbocycles. The maximum absolute atomic E-state index is 12.1. The number of aliphatic carboxylic acids is 2. The monoisotopic (exact) mass is 526 g/mol. The third kappa shape index (κ3) is 9.68. The van der Waals surface area contributed by atoms with Gasteiger partial charge in [-0.15, -0.1) is 0 Å². The van der Waals surface area contributed by atoms with Gasteiger partial charge in [-0.25, -0.2) is 9.59 Å². The molecule has 2 saturated heterocycles. The summed E-state index contributed by atoms with van der Waals surface area (Å²) in [4.78, 5) is 38.4. The van der Waals surface area contributed by atoms with Crippen LogP contribution in [0.15, 0.2) is 24.5 Å². The minimum atomic E-state index is -5.08. The van der Waals surface area contributed by atoms with Gasteiger partial charge in [-0.2, -0.15) is 31.6 Å². The molecule has 0 radical (unpaired) electrons. The second-order valence-corrected chi connectivity index (χ2v) is 7.96. The Kier molecular flexibility index (Phi) is 11.1. The van der Waals surface area contributed by atoms with E-state index in [1.54, 1.807) is 0 Å². The van der Waals surface area contributed by atoms with E-state index >= 15 is 0 Å². The van der Waals surface area contributed by atoms with Gasteiger partial charge in [0.1, 0.15) is 6.42 Å². The molecular formula is C21H24F6N4O5. The fourth-order valence-corrected chi connectivity index (χ4v) is 3.92. The number of carbonyl (C=O) groups excluding carboxylic acids is 1. The summed E-state index contributed by atoms with van der Waals surface area (Å²) in [6.07, 6.45) is -1.98. The first-order valence-electron chi connectivity index (χ1n) is 10.5. The van der Waals surface area contributed by atoms with E-state index in [2.05, 4.69) is 22.0 Å². The molecule has 1 aromatic rings. The van der Waals surface area contributed by atoms with Crippen LogP contribution in [0, 0.1) is 11.3 Å². The molecule has 0 saturated carbocycles. The van der Waals surface area contributed by atoms with Gasteiger partial charge in [0.25, 0.3) is 0 Å². The average Bonchev–Trinajstić information content (AvgIpc) is 3.15. The van der Waals surface area contributed by atoms with Crippen molar-refractivity contribution >= 4 is 17.8 Å². The first-order chi connectivity index (χ1) is 16.6. The van der Waals surface area contributed by atoms with Crippen molar-refractivity contribution in [2.45, 2.75) is 56.5 Å². The number of likely N-dealkylation sites (tertiary alicyclic amines) is 2. The molecule has 3 rings (SSSR count). The van der Waals surface area contributed by atoms with Gasteiger partial charge in [-0.1, -0.05) is 0 Å². The molecule has 3 heterocycles. The number of pyridine rings is 1. The smallest absolute Gasteiger partial charge is 0.475 e. The van der Waals surface area contributed by atoms with E-state index in [9.17, 15) is 31.1 Å². The number of alkyl halides is 6. The van der Waals surface area contributed by atoms with Crippen LogP contribution in [0.4, 0.5) is 26.3 Å². The number of rotatable bonds is 3. The fraction of sp³-hybridized carbons (Fsp3) is 0.571. The van der Waals surface area contributed by atoms with E-state index in [0.717, 1.165) is 45.4 Å². The van der Waals surface area contributed by atoms with Crippen molar-refractivity contribution in [1.29, 1.82) is 5.26 Å². The standard InChI is InChI=1S/C17H22N4O.2C2HF3O2/c18-8-3-16(22)20-11-1-6-17(14-20)7-2-12-21(17)13-15-4-9-19-10-5-15;2*3-2(4,5)1(6)7/h4-5,9-10H,1-3,6-7,11-14H2;2*(H,6,7). The lowest BCUT2D eigenvalue weighted by molar-refractivity contribution is -0.193. The van der Waals surface area contributed by atoms with Crippen molar-refractivity contribution in [2.75, 3.05) is 19.6 Å². The van der Waals surface area contributed by atoms with Crippen LogP contribution >= 0.6 is 0 Å². The Balaban J connectivity index is 0.000000383. The summed E-state index contributed by atoms with van der Waals surface area (Å²) < 4.78 is 63.5. The van der Waals surface area contributed by atoms with Gasteiger partial charge in [0.2, 0.25) is 5.91 Å². The highest BCUT2D eigenvalue weighted by atomic mass is 19.4. The SMILES string of the molecule is N#CCC(=O)N1CCCC2(CCCN2Cc2ccncc2)C1.O=C(O)C(F)(F)F.O=C(O)C(F)(F)F. The summed E-state index contributed by atoms with van der Waals surface area (Å²) >= 11 is 0. The number of halogens is 6. The number of carbonyl (C=O) groups is 3. The van der Waals surface area contributed by atoms with Gasteiger partial charge < -0.3 is 15.1 Å². The van der Waals surface area contributed by atoms with Gasteiger partial charge in [0.15, 0.2) is 0 Å². The molecule has 0 aliphatic carbocycles. The highest BCUT2D eigenvalue weighted by Gasteiger charge is 2.44. The molecule has 9 nitrogen and oxygen atoms in total. The van der Waals surface area contributed by atoms with E-state index in [-0.39, 0.29) is 17.9 Å². The summed E-state index contributed by atoms with van der Waals surface area (Å²) in [5.41, 5.74) is 1.38. The largest absolute Gasteiger partial charge is 0.490 e. The second-order valence-electron chi connectivity index (χ2n) is 7.96.